The number of benzene rings is 1. The number of rotatable bonds is 1. The van der Waals surface area contributed by atoms with Gasteiger partial charge >= 0.3 is 12.3 Å². The van der Waals surface area contributed by atoms with E-state index in [1.165, 1.54) is 0 Å². The predicted molar refractivity (Wildman–Crippen MR) is 68.4 cm³/mol. The molecule has 0 bridgehead atoms. The Morgan fingerprint density at radius 3 is 2.55 bits per heavy atom. The summed E-state index contributed by atoms with van der Waals surface area (Å²) in [6, 6.07) is 5.45. The number of amides is 2. The van der Waals surface area contributed by atoms with Crippen molar-refractivity contribution in [2.45, 2.75) is 13.2 Å². The number of hydrazone groups is 1. The lowest BCUT2D eigenvalue weighted by Crippen LogP contribution is -2.44. The van der Waals surface area contributed by atoms with Crippen LogP contribution < -0.4 is 5.32 Å². The first-order chi connectivity index (χ1) is 9.26. The molecule has 108 valence electrons. The standard InChI is InChI=1S/C12H11ClF3N3O/c1-7-6-19(11(20)17-12(14,15)16)18-10(7)8-2-4-9(13)5-3-8/h2-5,7H,6H2,1H3,(H,17,20). The van der Waals surface area contributed by atoms with Gasteiger partial charge in [0.1, 0.15) is 0 Å². The zero-order chi connectivity index (χ0) is 14.9. The molecule has 1 aromatic carbocycles. The third kappa shape index (κ3) is 3.41. The Morgan fingerprint density at radius 2 is 2.00 bits per heavy atom. The summed E-state index contributed by atoms with van der Waals surface area (Å²) in [5.74, 6) is -0.157. The number of urea groups is 1. The molecule has 2 amide bonds. The molecule has 1 atom stereocenters. The lowest BCUT2D eigenvalue weighted by atomic mass is 10.00. The highest BCUT2D eigenvalue weighted by molar-refractivity contribution is 6.30. The molecule has 0 aromatic heterocycles. The van der Waals surface area contributed by atoms with Crippen LogP contribution in [0.3, 0.4) is 0 Å². The van der Waals surface area contributed by atoms with E-state index in [1.807, 2.05) is 0 Å². The van der Waals surface area contributed by atoms with Crippen molar-refractivity contribution in [1.82, 2.24) is 10.3 Å². The van der Waals surface area contributed by atoms with Gasteiger partial charge in [0.25, 0.3) is 0 Å². The Labute approximate surface area is 118 Å². The van der Waals surface area contributed by atoms with Crippen molar-refractivity contribution in [3.63, 3.8) is 0 Å². The molecule has 8 heteroatoms. The van der Waals surface area contributed by atoms with E-state index < -0.39 is 12.3 Å². The first kappa shape index (κ1) is 14.6. The number of halogens is 4. The summed E-state index contributed by atoms with van der Waals surface area (Å²) in [4.78, 5) is 11.4. The largest absolute Gasteiger partial charge is 0.486 e. The number of nitrogens with zero attached hydrogens (tertiary/aromatic N) is 2. The number of alkyl halides is 3. The van der Waals surface area contributed by atoms with E-state index in [4.69, 9.17) is 11.6 Å². The van der Waals surface area contributed by atoms with Crippen LogP contribution >= 0.6 is 11.6 Å². The van der Waals surface area contributed by atoms with E-state index >= 15 is 0 Å². The summed E-state index contributed by atoms with van der Waals surface area (Å²) < 4.78 is 36.3. The zero-order valence-corrected chi connectivity index (χ0v) is 11.2. The van der Waals surface area contributed by atoms with Crippen molar-refractivity contribution in [2.75, 3.05) is 6.54 Å². The van der Waals surface area contributed by atoms with Crippen molar-refractivity contribution in [3.05, 3.63) is 34.9 Å². The second kappa shape index (κ2) is 5.32. The van der Waals surface area contributed by atoms with Crippen molar-refractivity contribution >= 4 is 23.3 Å². The van der Waals surface area contributed by atoms with E-state index in [0.29, 0.717) is 10.7 Å². The molecule has 0 spiro atoms. The molecule has 2 rings (SSSR count). The molecule has 0 radical (unpaired) electrons. The van der Waals surface area contributed by atoms with Crippen LogP contribution in [0.5, 0.6) is 0 Å². The molecule has 1 aliphatic rings. The van der Waals surface area contributed by atoms with Crippen LogP contribution in [-0.2, 0) is 0 Å². The smallest absolute Gasteiger partial charge is 0.247 e. The minimum absolute atomic E-state index is 0.0971. The molecular weight excluding hydrogens is 295 g/mol. The second-order valence-corrected chi connectivity index (χ2v) is 4.84. The quantitative estimate of drug-likeness (QED) is 0.796. The summed E-state index contributed by atoms with van der Waals surface area (Å²) in [6.45, 7) is 1.88. The van der Waals surface area contributed by atoms with Gasteiger partial charge in [-0.2, -0.15) is 18.3 Å². The van der Waals surface area contributed by atoms with Gasteiger partial charge < -0.3 is 0 Å². The maximum Gasteiger partial charge on any atom is 0.486 e. The summed E-state index contributed by atoms with van der Waals surface area (Å²) in [5, 5.41) is 6.20. The molecule has 1 N–H and O–H groups in total. The van der Waals surface area contributed by atoms with Crippen molar-refractivity contribution in [3.8, 4) is 0 Å². The fraction of sp³-hybridized carbons (Fsp3) is 0.333. The lowest BCUT2D eigenvalue weighted by molar-refractivity contribution is -0.147. The van der Waals surface area contributed by atoms with Crippen LogP contribution in [0.2, 0.25) is 5.02 Å². The first-order valence-corrected chi connectivity index (χ1v) is 6.15. The first-order valence-electron chi connectivity index (χ1n) is 5.77. The molecule has 1 unspecified atom stereocenters. The highest BCUT2D eigenvalue weighted by Crippen LogP contribution is 2.21. The Bertz CT molecular complexity index is 542. The number of hydrogen-bond donors (Lipinski definition) is 1. The Hall–Kier alpha value is -1.76. The molecule has 1 aromatic rings. The topological polar surface area (TPSA) is 44.7 Å². The Balaban J connectivity index is 2.17. The van der Waals surface area contributed by atoms with Gasteiger partial charge in [0, 0.05) is 10.9 Å². The van der Waals surface area contributed by atoms with Gasteiger partial charge in [0.2, 0.25) is 0 Å². The molecule has 0 saturated heterocycles. The summed E-state index contributed by atoms with van der Waals surface area (Å²) >= 11 is 5.77. The molecule has 0 saturated carbocycles. The van der Waals surface area contributed by atoms with E-state index in [0.717, 1.165) is 15.9 Å². The van der Waals surface area contributed by atoms with E-state index in [2.05, 4.69) is 5.10 Å². The lowest BCUT2D eigenvalue weighted by Gasteiger charge is -2.15. The number of carbonyl (C=O) groups excluding carboxylic acids is 1. The van der Waals surface area contributed by atoms with Crippen molar-refractivity contribution < 1.29 is 18.0 Å². The van der Waals surface area contributed by atoms with Crippen LogP contribution in [0.4, 0.5) is 18.0 Å². The summed E-state index contributed by atoms with van der Waals surface area (Å²) in [5.41, 5.74) is 1.28. The minimum Gasteiger partial charge on any atom is -0.247 e. The maximum atomic E-state index is 12.1. The molecule has 1 heterocycles. The monoisotopic (exact) mass is 305 g/mol. The number of hydrogen-bond acceptors (Lipinski definition) is 2. The SMILES string of the molecule is CC1CN(C(=O)NC(F)(F)F)N=C1c1ccc(Cl)cc1. The van der Waals surface area contributed by atoms with E-state index in [-0.39, 0.29) is 12.5 Å². The fourth-order valence-electron chi connectivity index (χ4n) is 1.89. The molecular formula is C12H11ClF3N3O. The third-order valence-electron chi connectivity index (χ3n) is 2.77. The summed E-state index contributed by atoms with van der Waals surface area (Å²) in [6.07, 6.45) is -4.77. The molecule has 0 fully saturated rings. The van der Waals surface area contributed by atoms with Crippen LogP contribution in [0.15, 0.2) is 29.4 Å². The van der Waals surface area contributed by atoms with Gasteiger partial charge in [0.05, 0.1) is 12.3 Å². The molecule has 1 aliphatic heterocycles. The van der Waals surface area contributed by atoms with Gasteiger partial charge in [0.15, 0.2) is 0 Å². The highest BCUT2D eigenvalue weighted by Gasteiger charge is 2.35. The predicted octanol–water partition coefficient (Wildman–Crippen LogP) is 3.23. The third-order valence-corrected chi connectivity index (χ3v) is 3.02. The van der Waals surface area contributed by atoms with Gasteiger partial charge in [-0.3, -0.25) is 0 Å². The Morgan fingerprint density at radius 1 is 1.40 bits per heavy atom. The number of carbonyl (C=O) groups is 1. The van der Waals surface area contributed by atoms with Crippen molar-refractivity contribution in [2.24, 2.45) is 11.0 Å². The van der Waals surface area contributed by atoms with E-state index in [1.54, 1.807) is 31.2 Å². The number of nitrogens with one attached hydrogen (secondary N) is 1. The molecule has 0 aliphatic carbocycles. The summed E-state index contributed by atoms with van der Waals surface area (Å²) in [7, 11) is 0. The Kier molecular flexibility index (Phi) is 3.89. The molecule has 4 nitrogen and oxygen atoms in total. The second-order valence-electron chi connectivity index (χ2n) is 4.40. The van der Waals surface area contributed by atoms with Crippen molar-refractivity contribution in [1.29, 1.82) is 0 Å². The van der Waals surface area contributed by atoms with Crippen LogP contribution in [0.25, 0.3) is 0 Å². The van der Waals surface area contributed by atoms with Crippen LogP contribution in [-0.4, -0.2) is 29.6 Å². The molecule has 20 heavy (non-hydrogen) atoms. The minimum atomic E-state index is -4.77. The normalized spacial score (nSPS) is 18.9. The van der Waals surface area contributed by atoms with Gasteiger partial charge in [-0.05, 0) is 17.7 Å². The fourth-order valence-corrected chi connectivity index (χ4v) is 2.02. The highest BCUT2D eigenvalue weighted by atomic mass is 35.5. The average molecular weight is 306 g/mol. The van der Waals surface area contributed by atoms with Gasteiger partial charge in [-0.1, -0.05) is 30.7 Å². The van der Waals surface area contributed by atoms with Crippen LogP contribution in [0, 0.1) is 5.92 Å². The average Bonchev–Trinajstić information content (AvgIpc) is 2.70. The van der Waals surface area contributed by atoms with E-state index in [9.17, 15) is 18.0 Å². The van der Waals surface area contributed by atoms with Crippen LogP contribution in [0.1, 0.15) is 12.5 Å². The zero-order valence-electron chi connectivity index (χ0n) is 10.4. The maximum absolute atomic E-state index is 12.1. The van der Waals surface area contributed by atoms with Gasteiger partial charge in [-0.25, -0.2) is 15.1 Å². The van der Waals surface area contributed by atoms with Gasteiger partial charge in [-0.15, -0.1) is 0 Å².